The van der Waals surface area contributed by atoms with Crippen molar-refractivity contribution in [3.8, 4) is 0 Å². The van der Waals surface area contributed by atoms with E-state index in [-0.39, 0.29) is 0 Å². The highest BCUT2D eigenvalue weighted by molar-refractivity contribution is 5.49. The van der Waals surface area contributed by atoms with Gasteiger partial charge in [-0.3, -0.25) is 0 Å². The molecule has 0 saturated heterocycles. The average molecular weight is 288 g/mol. The molecule has 1 N–H and O–H groups in total. The first-order valence-corrected chi connectivity index (χ1v) is 7.50. The van der Waals surface area contributed by atoms with Crippen molar-refractivity contribution in [2.24, 2.45) is 0 Å². The van der Waals surface area contributed by atoms with Crippen LogP contribution in [0, 0.1) is 6.92 Å². The highest BCUT2D eigenvalue weighted by atomic mass is 16.3. The Morgan fingerprint density at radius 1 is 1.24 bits per heavy atom. The molecule has 0 unspecified atom stereocenters. The lowest BCUT2D eigenvalue weighted by Crippen LogP contribution is -2.19. The molecule has 0 aliphatic heterocycles. The molecule has 2 aromatic rings. The van der Waals surface area contributed by atoms with Crippen molar-refractivity contribution in [1.29, 1.82) is 0 Å². The minimum Gasteiger partial charge on any atom is -0.464 e. The largest absolute Gasteiger partial charge is 0.464 e. The minimum atomic E-state index is 0.696. The van der Waals surface area contributed by atoms with Crippen LogP contribution in [0.1, 0.15) is 37.6 Å². The van der Waals surface area contributed by atoms with Crippen molar-refractivity contribution in [3.63, 3.8) is 0 Å². The molecule has 2 rings (SSSR count). The van der Waals surface area contributed by atoms with Gasteiger partial charge in [0.25, 0.3) is 0 Å². The number of hydrogen-bond donors (Lipinski definition) is 1. The molecule has 0 radical (unpaired) electrons. The summed E-state index contributed by atoms with van der Waals surface area (Å²) >= 11 is 0. The molecule has 0 atom stereocenters. The number of nitrogens with zero attached hydrogens (tertiary/aromatic N) is 3. The molecule has 5 nitrogen and oxygen atoms in total. The van der Waals surface area contributed by atoms with Crippen molar-refractivity contribution in [2.75, 3.05) is 23.8 Å². The van der Waals surface area contributed by atoms with Crippen LogP contribution in [0.15, 0.2) is 22.6 Å². The Morgan fingerprint density at radius 2 is 2.05 bits per heavy atom. The van der Waals surface area contributed by atoms with E-state index < -0.39 is 0 Å². The molecule has 0 aliphatic rings. The number of aromatic nitrogens is 2. The first-order valence-electron chi connectivity index (χ1n) is 7.50. The number of aryl methyl sites for hydroxylation is 2. The van der Waals surface area contributed by atoms with E-state index in [9.17, 15) is 0 Å². The van der Waals surface area contributed by atoms with Crippen molar-refractivity contribution in [1.82, 2.24) is 9.97 Å². The lowest BCUT2D eigenvalue weighted by Gasteiger charge is -2.18. The van der Waals surface area contributed by atoms with Gasteiger partial charge in [0.15, 0.2) is 0 Å². The zero-order chi connectivity index (χ0) is 15.2. The molecule has 114 valence electrons. The zero-order valence-corrected chi connectivity index (χ0v) is 13.3. The summed E-state index contributed by atoms with van der Waals surface area (Å²) in [5.74, 6) is 4.55. The van der Waals surface area contributed by atoms with Gasteiger partial charge < -0.3 is 14.6 Å². The van der Waals surface area contributed by atoms with Crippen molar-refractivity contribution < 1.29 is 4.42 Å². The van der Waals surface area contributed by atoms with Gasteiger partial charge in [0.2, 0.25) is 0 Å². The molecule has 0 fully saturated rings. The van der Waals surface area contributed by atoms with Crippen LogP contribution in [-0.4, -0.2) is 23.6 Å². The van der Waals surface area contributed by atoms with Crippen molar-refractivity contribution >= 4 is 11.6 Å². The van der Waals surface area contributed by atoms with Crippen LogP contribution >= 0.6 is 0 Å². The third-order valence-corrected chi connectivity index (χ3v) is 3.17. The third kappa shape index (κ3) is 4.21. The maximum Gasteiger partial charge on any atom is 0.134 e. The third-order valence-electron chi connectivity index (χ3n) is 3.17. The smallest absolute Gasteiger partial charge is 0.134 e. The molecule has 21 heavy (non-hydrogen) atoms. The van der Waals surface area contributed by atoms with E-state index in [0.29, 0.717) is 6.54 Å². The summed E-state index contributed by atoms with van der Waals surface area (Å²) < 4.78 is 5.63. The molecule has 0 saturated carbocycles. The molecule has 0 aromatic carbocycles. The molecular weight excluding hydrogens is 264 g/mol. The van der Waals surface area contributed by atoms with E-state index in [1.165, 1.54) is 0 Å². The molecule has 0 aliphatic carbocycles. The Morgan fingerprint density at radius 3 is 2.67 bits per heavy atom. The Hall–Kier alpha value is -2.04. The van der Waals surface area contributed by atoms with Gasteiger partial charge in [-0.2, -0.15) is 0 Å². The number of nitrogens with one attached hydrogen (secondary N) is 1. The van der Waals surface area contributed by atoms with Gasteiger partial charge in [0.05, 0.1) is 6.54 Å². The summed E-state index contributed by atoms with van der Waals surface area (Å²) in [5, 5.41) is 3.27. The zero-order valence-electron chi connectivity index (χ0n) is 13.3. The Balaban J connectivity index is 2.19. The number of rotatable bonds is 7. The van der Waals surface area contributed by atoms with Gasteiger partial charge >= 0.3 is 0 Å². The Labute approximate surface area is 126 Å². The standard InChI is InChI=1S/C16H24N4O/c1-5-7-14-18-15(17-6-2)10-16(19-14)20(4)11-13-9-8-12(3)21-13/h8-10H,5-7,11H2,1-4H3,(H,17,18,19). The molecule has 5 heteroatoms. The number of hydrogen-bond acceptors (Lipinski definition) is 5. The summed E-state index contributed by atoms with van der Waals surface area (Å²) in [6, 6.07) is 5.97. The van der Waals surface area contributed by atoms with E-state index in [0.717, 1.165) is 48.4 Å². The molecule has 0 amide bonds. The van der Waals surface area contributed by atoms with E-state index in [4.69, 9.17) is 4.42 Å². The van der Waals surface area contributed by atoms with Gasteiger partial charge in [-0.15, -0.1) is 0 Å². The second kappa shape index (κ2) is 7.11. The Bertz CT molecular complexity index is 555. The van der Waals surface area contributed by atoms with Crippen molar-refractivity contribution in [3.05, 3.63) is 35.5 Å². The van der Waals surface area contributed by atoms with E-state index in [1.807, 2.05) is 32.2 Å². The predicted molar refractivity (Wildman–Crippen MR) is 85.7 cm³/mol. The summed E-state index contributed by atoms with van der Waals surface area (Å²) in [6.07, 6.45) is 1.93. The highest BCUT2D eigenvalue weighted by Gasteiger charge is 2.10. The normalized spacial score (nSPS) is 10.7. The molecule has 0 spiro atoms. The molecule has 2 heterocycles. The first-order chi connectivity index (χ1) is 10.1. The molecule has 2 aromatic heterocycles. The fourth-order valence-corrected chi connectivity index (χ4v) is 2.17. The van der Waals surface area contributed by atoms with Crippen LogP contribution in [0.2, 0.25) is 0 Å². The maximum atomic E-state index is 5.63. The van der Waals surface area contributed by atoms with Gasteiger partial charge in [-0.1, -0.05) is 6.92 Å². The lowest BCUT2D eigenvalue weighted by atomic mass is 10.3. The second-order valence-electron chi connectivity index (χ2n) is 5.18. The first kappa shape index (κ1) is 15.4. The second-order valence-corrected chi connectivity index (χ2v) is 5.18. The van der Waals surface area contributed by atoms with Gasteiger partial charge in [-0.25, -0.2) is 9.97 Å². The van der Waals surface area contributed by atoms with E-state index >= 15 is 0 Å². The van der Waals surface area contributed by atoms with Crippen LogP contribution in [0.3, 0.4) is 0 Å². The summed E-state index contributed by atoms with van der Waals surface area (Å²) in [7, 11) is 2.02. The van der Waals surface area contributed by atoms with E-state index in [2.05, 4.69) is 34.0 Å². The topological polar surface area (TPSA) is 54.2 Å². The fraction of sp³-hybridized carbons (Fsp3) is 0.500. The van der Waals surface area contributed by atoms with Gasteiger partial charge in [0, 0.05) is 26.1 Å². The van der Waals surface area contributed by atoms with Crippen LogP contribution in [-0.2, 0) is 13.0 Å². The summed E-state index contributed by atoms with van der Waals surface area (Å²) in [5.41, 5.74) is 0. The van der Waals surface area contributed by atoms with Crippen LogP contribution < -0.4 is 10.2 Å². The Kier molecular flexibility index (Phi) is 5.20. The minimum absolute atomic E-state index is 0.696. The van der Waals surface area contributed by atoms with Crippen LogP contribution in [0.4, 0.5) is 11.6 Å². The monoisotopic (exact) mass is 288 g/mol. The maximum absolute atomic E-state index is 5.63. The lowest BCUT2D eigenvalue weighted by molar-refractivity contribution is 0.481. The van der Waals surface area contributed by atoms with Crippen LogP contribution in [0.25, 0.3) is 0 Å². The molecule has 0 bridgehead atoms. The highest BCUT2D eigenvalue weighted by Crippen LogP contribution is 2.18. The number of anilines is 2. The predicted octanol–water partition coefficient (Wildman–Crippen LogP) is 3.40. The van der Waals surface area contributed by atoms with E-state index in [1.54, 1.807) is 0 Å². The quantitative estimate of drug-likeness (QED) is 0.846. The average Bonchev–Trinajstić information content (AvgIpc) is 2.84. The summed E-state index contributed by atoms with van der Waals surface area (Å²) in [4.78, 5) is 11.3. The number of furan rings is 1. The SMILES string of the molecule is CCCc1nc(NCC)cc(N(C)Cc2ccc(C)o2)n1. The summed E-state index contributed by atoms with van der Waals surface area (Å²) in [6.45, 7) is 7.71. The molecular formula is C16H24N4O. The van der Waals surface area contributed by atoms with Crippen LogP contribution in [0.5, 0.6) is 0 Å². The van der Waals surface area contributed by atoms with Crippen molar-refractivity contribution in [2.45, 2.75) is 40.2 Å². The van der Waals surface area contributed by atoms with Gasteiger partial charge in [-0.05, 0) is 32.4 Å². The fourth-order valence-electron chi connectivity index (χ4n) is 2.17. The van der Waals surface area contributed by atoms with Gasteiger partial charge in [0.1, 0.15) is 29.0 Å².